The third-order valence-electron chi connectivity index (χ3n) is 4.56. The quantitative estimate of drug-likeness (QED) is 0.866. The van der Waals surface area contributed by atoms with E-state index in [2.05, 4.69) is 10.6 Å². The maximum atomic E-state index is 12.0. The topological polar surface area (TPSA) is 41.1 Å². The van der Waals surface area contributed by atoms with Crippen LogP contribution in [-0.4, -0.2) is 12.1 Å². The number of benzene rings is 1. The molecule has 2 N–H and O–H groups in total. The van der Waals surface area contributed by atoms with Gasteiger partial charge in [0.15, 0.2) is 0 Å². The smallest absolute Gasteiger partial charge is 0.315 e. The van der Waals surface area contributed by atoms with Gasteiger partial charge in [0, 0.05) is 22.6 Å². The van der Waals surface area contributed by atoms with Crippen LogP contribution in [0.15, 0.2) is 18.2 Å². The van der Waals surface area contributed by atoms with Crippen LogP contribution in [0, 0.1) is 5.41 Å². The summed E-state index contributed by atoms with van der Waals surface area (Å²) in [7, 11) is 0. The van der Waals surface area contributed by atoms with Gasteiger partial charge < -0.3 is 10.6 Å². The molecule has 0 heterocycles. The van der Waals surface area contributed by atoms with Gasteiger partial charge in [-0.05, 0) is 48.8 Å². The molecule has 1 aromatic carbocycles. The van der Waals surface area contributed by atoms with E-state index in [0.29, 0.717) is 28.0 Å². The minimum Gasteiger partial charge on any atom is -0.335 e. The van der Waals surface area contributed by atoms with Crippen molar-refractivity contribution in [2.24, 2.45) is 5.41 Å². The Morgan fingerprint density at radius 3 is 2.80 bits per heavy atom. The van der Waals surface area contributed by atoms with Crippen LogP contribution in [0.4, 0.5) is 4.79 Å². The third-order valence-corrected chi connectivity index (χ3v) is 5.15. The molecule has 2 amide bonds. The van der Waals surface area contributed by atoms with Gasteiger partial charge in [-0.2, -0.15) is 0 Å². The van der Waals surface area contributed by atoms with E-state index in [-0.39, 0.29) is 6.03 Å². The summed E-state index contributed by atoms with van der Waals surface area (Å²) in [6.45, 7) is 0.418. The molecule has 2 aliphatic rings. The first-order chi connectivity index (χ1) is 9.59. The lowest BCUT2D eigenvalue weighted by molar-refractivity contribution is 0.231. The van der Waals surface area contributed by atoms with E-state index >= 15 is 0 Å². The summed E-state index contributed by atoms with van der Waals surface area (Å²) in [4.78, 5) is 12.0. The van der Waals surface area contributed by atoms with Crippen LogP contribution in [0.25, 0.3) is 0 Å². The van der Waals surface area contributed by atoms with Crippen LogP contribution in [0.5, 0.6) is 0 Å². The molecule has 2 saturated carbocycles. The van der Waals surface area contributed by atoms with Gasteiger partial charge in [0.1, 0.15) is 0 Å². The first-order valence-corrected chi connectivity index (χ1v) is 7.83. The highest BCUT2D eigenvalue weighted by molar-refractivity contribution is 6.35. The number of urea groups is 1. The number of hydrogen-bond donors (Lipinski definition) is 2. The van der Waals surface area contributed by atoms with Crippen molar-refractivity contribution in [1.29, 1.82) is 0 Å². The van der Waals surface area contributed by atoms with Crippen molar-refractivity contribution in [2.45, 2.75) is 44.7 Å². The number of amides is 2. The average molecular weight is 313 g/mol. The molecule has 2 aliphatic carbocycles. The summed E-state index contributed by atoms with van der Waals surface area (Å²) in [6.07, 6.45) is 6.13. The molecule has 20 heavy (non-hydrogen) atoms. The summed E-state index contributed by atoms with van der Waals surface area (Å²) in [6, 6.07) is 5.55. The molecular weight excluding hydrogens is 295 g/mol. The monoisotopic (exact) mass is 312 g/mol. The van der Waals surface area contributed by atoms with Crippen LogP contribution in [0.2, 0.25) is 10.0 Å². The van der Waals surface area contributed by atoms with E-state index in [4.69, 9.17) is 23.2 Å². The summed E-state index contributed by atoms with van der Waals surface area (Å²) in [5.74, 6) is 0. The Labute approximate surface area is 129 Å². The van der Waals surface area contributed by atoms with E-state index in [0.717, 1.165) is 12.0 Å². The van der Waals surface area contributed by atoms with Crippen molar-refractivity contribution in [3.05, 3.63) is 33.8 Å². The average Bonchev–Trinajstić information content (AvgIpc) is 3.07. The molecule has 0 aliphatic heterocycles. The van der Waals surface area contributed by atoms with Gasteiger partial charge in [0.05, 0.1) is 0 Å². The number of rotatable bonds is 3. The first-order valence-electron chi connectivity index (χ1n) is 7.07. The van der Waals surface area contributed by atoms with Crippen molar-refractivity contribution in [3.8, 4) is 0 Å². The summed E-state index contributed by atoms with van der Waals surface area (Å²) in [5, 5.41) is 7.17. The van der Waals surface area contributed by atoms with Gasteiger partial charge in [-0.1, -0.05) is 35.7 Å². The zero-order valence-corrected chi connectivity index (χ0v) is 12.7. The Morgan fingerprint density at radius 2 is 2.10 bits per heavy atom. The largest absolute Gasteiger partial charge is 0.335 e. The van der Waals surface area contributed by atoms with Crippen LogP contribution in [-0.2, 0) is 6.54 Å². The van der Waals surface area contributed by atoms with E-state index in [1.165, 1.54) is 25.7 Å². The number of hydrogen-bond acceptors (Lipinski definition) is 1. The lowest BCUT2D eigenvalue weighted by Gasteiger charge is -2.20. The predicted molar refractivity (Wildman–Crippen MR) is 81.1 cm³/mol. The molecule has 3 nitrogen and oxygen atoms in total. The zero-order valence-electron chi connectivity index (χ0n) is 11.2. The summed E-state index contributed by atoms with van der Waals surface area (Å²) in [5.41, 5.74) is 1.30. The molecule has 0 radical (unpaired) electrons. The molecule has 2 fully saturated rings. The number of carbonyl (C=O) groups excluding carboxylic acids is 1. The van der Waals surface area contributed by atoms with Gasteiger partial charge in [0.25, 0.3) is 0 Å². The number of carbonyl (C=O) groups is 1. The highest BCUT2D eigenvalue weighted by atomic mass is 35.5. The SMILES string of the molecule is O=C(NCc1ccc(Cl)cc1Cl)NC1CCCC12CC2. The molecule has 3 rings (SSSR count). The van der Waals surface area contributed by atoms with E-state index in [9.17, 15) is 4.79 Å². The summed E-state index contributed by atoms with van der Waals surface area (Å²) >= 11 is 11.9. The van der Waals surface area contributed by atoms with Crippen LogP contribution in [0.1, 0.15) is 37.7 Å². The minimum atomic E-state index is -0.103. The molecule has 1 unspecified atom stereocenters. The fourth-order valence-corrected chi connectivity index (χ4v) is 3.65. The number of nitrogens with one attached hydrogen (secondary N) is 2. The van der Waals surface area contributed by atoms with E-state index in [1.54, 1.807) is 12.1 Å². The van der Waals surface area contributed by atoms with E-state index in [1.807, 2.05) is 6.07 Å². The molecule has 0 aromatic heterocycles. The van der Waals surface area contributed by atoms with Gasteiger partial charge >= 0.3 is 6.03 Å². The Morgan fingerprint density at radius 1 is 1.30 bits per heavy atom. The highest BCUT2D eigenvalue weighted by Crippen LogP contribution is 2.57. The molecule has 108 valence electrons. The van der Waals surface area contributed by atoms with Crippen molar-refractivity contribution in [1.82, 2.24) is 10.6 Å². The molecule has 5 heteroatoms. The Bertz CT molecular complexity index is 529. The highest BCUT2D eigenvalue weighted by Gasteiger charge is 2.52. The second kappa shape index (κ2) is 5.45. The van der Waals surface area contributed by atoms with Crippen LogP contribution in [0.3, 0.4) is 0 Å². The Balaban J connectivity index is 1.52. The van der Waals surface area contributed by atoms with Gasteiger partial charge in [-0.3, -0.25) is 0 Å². The molecular formula is C15H18Cl2N2O. The summed E-state index contributed by atoms with van der Waals surface area (Å²) < 4.78 is 0. The van der Waals surface area contributed by atoms with E-state index < -0.39 is 0 Å². The second-order valence-corrected chi connectivity index (χ2v) is 6.71. The predicted octanol–water partition coefficient (Wildman–Crippen LogP) is 4.13. The third kappa shape index (κ3) is 2.89. The Hall–Kier alpha value is -0.930. The van der Waals surface area contributed by atoms with Crippen molar-refractivity contribution >= 4 is 29.2 Å². The Kier molecular flexibility index (Phi) is 3.83. The molecule has 0 saturated heterocycles. The lowest BCUT2D eigenvalue weighted by Crippen LogP contribution is -2.44. The van der Waals surface area contributed by atoms with Crippen LogP contribution < -0.4 is 10.6 Å². The lowest BCUT2D eigenvalue weighted by atomic mass is 10.0. The fraction of sp³-hybridized carbons (Fsp3) is 0.533. The van der Waals surface area contributed by atoms with Crippen molar-refractivity contribution < 1.29 is 4.79 Å². The molecule has 1 spiro atoms. The minimum absolute atomic E-state index is 0.103. The van der Waals surface area contributed by atoms with Crippen molar-refractivity contribution in [3.63, 3.8) is 0 Å². The first kappa shape index (κ1) is 14.0. The van der Waals surface area contributed by atoms with Crippen molar-refractivity contribution in [2.75, 3.05) is 0 Å². The molecule has 1 aromatic rings. The maximum Gasteiger partial charge on any atom is 0.315 e. The second-order valence-electron chi connectivity index (χ2n) is 5.87. The van der Waals surface area contributed by atoms with Crippen LogP contribution >= 0.6 is 23.2 Å². The molecule has 1 atom stereocenters. The fourth-order valence-electron chi connectivity index (χ4n) is 3.17. The van der Waals surface area contributed by atoms with Gasteiger partial charge in [0.2, 0.25) is 0 Å². The normalized spacial score (nSPS) is 22.8. The standard InChI is InChI=1S/C15H18Cl2N2O/c16-11-4-3-10(12(17)8-11)9-18-14(20)19-13-2-1-5-15(13)6-7-15/h3-4,8,13H,1-2,5-7,9H2,(H2,18,19,20). The van der Waals surface area contributed by atoms with Gasteiger partial charge in [-0.25, -0.2) is 4.79 Å². The number of halogens is 2. The van der Waals surface area contributed by atoms with Gasteiger partial charge in [-0.15, -0.1) is 0 Å². The maximum absolute atomic E-state index is 12.0. The zero-order chi connectivity index (χ0) is 14.2. The molecule has 0 bridgehead atoms.